The van der Waals surface area contributed by atoms with E-state index in [1.54, 1.807) is 6.20 Å². The van der Waals surface area contributed by atoms with E-state index >= 15 is 0 Å². The molecule has 0 aromatic carbocycles. The third kappa shape index (κ3) is 3.75. The fourth-order valence-corrected chi connectivity index (χ4v) is 4.24. The van der Waals surface area contributed by atoms with Crippen LogP contribution < -0.4 is 10.6 Å². The lowest BCUT2D eigenvalue weighted by atomic mass is 9.90. The van der Waals surface area contributed by atoms with Crippen molar-refractivity contribution in [1.29, 1.82) is 5.26 Å². The highest BCUT2D eigenvalue weighted by Crippen LogP contribution is 2.45. The molecule has 0 aliphatic heterocycles. The van der Waals surface area contributed by atoms with E-state index in [1.807, 2.05) is 0 Å². The maximum absolute atomic E-state index is 14.5. The molecule has 0 saturated heterocycles. The molecule has 5 rings (SSSR count). The van der Waals surface area contributed by atoms with Crippen molar-refractivity contribution in [2.75, 3.05) is 5.32 Å². The SMILES string of the molecule is N#CC1(C(=O)N[C@@H]2CCC[C@H](Nc3nc(-c4c[nH]c5ncc(F)cc45)ncc3F)C2)CC1. The lowest BCUT2D eigenvalue weighted by Crippen LogP contribution is -2.44. The third-order valence-electron chi connectivity index (χ3n) is 6.23. The molecule has 2 aliphatic carbocycles. The van der Waals surface area contributed by atoms with Crippen LogP contribution in [0.1, 0.15) is 38.5 Å². The van der Waals surface area contributed by atoms with Crippen LogP contribution >= 0.6 is 0 Å². The number of nitrogens with zero attached hydrogens (tertiary/aromatic N) is 4. The molecule has 3 aromatic heterocycles. The van der Waals surface area contributed by atoms with Gasteiger partial charge in [-0.1, -0.05) is 0 Å². The highest BCUT2D eigenvalue weighted by Gasteiger charge is 2.51. The van der Waals surface area contributed by atoms with Gasteiger partial charge in [0.15, 0.2) is 17.5 Å². The Kier molecular flexibility index (Phi) is 4.96. The Labute approximate surface area is 182 Å². The molecule has 3 heterocycles. The molecule has 0 radical (unpaired) electrons. The second kappa shape index (κ2) is 7.82. The van der Waals surface area contributed by atoms with Gasteiger partial charge in [0.05, 0.1) is 18.5 Å². The fraction of sp³-hybridized carbons (Fsp3) is 0.409. The van der Waals surface area contributed by atoms with Crippen LogP contribution in [0.4, 0.5) is 14.6 Å². The molecule has 1 amide bonds. The standard InChI is InChI=1S/C22H21F2N7O/c23-12-6-15-16(9-27-18(15)26-8-12)19-28-10-17(24)20(31-19)29-13-2-1-3-14(7-13)30-21(32)22(11-25)4-5-22/h6,8-10,13-14H,1-5,7H2,(H,26,27)(H,30,32)(H,28,29,31)/t13-,14+/m0/s1. The zero-order valence-electron chi connectivity index (χ0n) is 17.2. The average molecular weight is 437 g/mol. The molecule has 3 N–H and O–H groups in total. The van der Waals surface area contributed by atoms with Crippen molar-refractivity contribution < 1.29 is 13.6 Å². The molecule has 0 spiro atoms. The monoisotopic (exact) mass is 437 g/mol. The van der Waals surface area contributed by atoms with E-state index < -0.39 is 17.0 Å². The van der Waals surface area contributed by atoms with Gasteiger partial charge in [-0.25, -0.2) is 23.7 Å². The van der Waals surface area contributed by atoms with Gasteiger partial charge in [0, 0.05) is 29.2 Å². The van der Waals surface area contributed by atoms with Crippen molar-refractivity contribution >= 4 is 22.8 Å². The first-order valence-corrected chi connectivity index (χ1v) is 10.6. The summed E-state index contributed by atoms with van der Waals surface area (Å²) in [5.41, 5.74) is 0.150. The number of aromatic nitrogens is 4. The third-order valence-corrected chi connectivity index (χ3v) is 6.23. The second-order valence-electron chi connectivity index (χ2n) is 8.51. The van der Waals surface area contributed by atoms with Crippen molar-refractivity contribution in [3.8, 4) is 17.5 Å². The molecular formula is C22H21F2N7O. The van der Waals surface area contributed by atoms with Gasteiger partial charge in [0.25, 0.3) is 0 Å². The molecule has 0 bridgehead atoms. The highest BCUT2D eigenvalue weighted by atomic mass is 19.1. The van der Waals surface area contributed by atoms with E-state index in [-0.39, 0.29) is 29.6 Å². The second-order valence-corrected chi connectivity index (χ2v) is 8.51. The number of anilines is 1. The summed E-state index contributed by atoms with van der Waals surface area (Å²) in [5.74, 6) is -0.982. The first kappa shape index (κ1) is 20.3. The van der Waals surface area contributed by atoms with Crippen molar-refractivity contribution in [3.05, 3.63) is 36.3 Å². The molecule has 2 fully saturated rings. The van der Waals surface area contributed by atoms with Gasteiger partial charge in [0.1, 0.15) is 16.9 Å². The Bertz CT molecular complexity index is 1230. The summed E-state index contributed by atoms with van der Waals surface area (Å²) in [6, 6.07) is 3.27. The quantitative estimate of drug-likeness (QED) is 0.563. The van der Waals surface area contributed by atoms with E-state index in [0.29, 0.717) is 35.9 Å². The normalized spacial score (nSPS) is 21.7. The topological polar surface area (TPSA) is 119 Å². The number of halogens is 2. The lowest BCUT2D eigenvalue weighted by Gasteiger charge is -2.31. The molecule has 8 nitrogen and oxygen atoms in total. The van der Waals surface area contributed by atoms with Gasteiger partial charge in [-0.15, -0.1) is 0 Å². The number of carbonyl (C=O) groups excluding carboxylic acids is 1. The predicted molar refractivity (Wildman–Crippen MR) is 112 cm³/mol. The van der Waals surface area contributed by atoms with Crippen LogP contribution in [-0.4, -0.2) is 37.9 Å². The minimum atomic E-state index is -0.859. The number of nitrogens with one attached hydrogen (secondary N) is 3. The van der Waals surface area contributed by atoms with E-state index in [0.717, 1.165) is 31.7 Å². The number of nitriles is 1. The maximum atomic E-state index is 14.5. The molecule has 164 valence electrons. The van der Waals surface area contributed by atoms with Crippen LogP contribution in [0.25, 0.3) is 22.4 Å². The van der Waals surface area contributed by atoms with Gasteiger partial charge in [-0.2, -0.15) is 5.26 Å². The number of amides is 1. The van der Waals surface area contributed by atoms with Gasteiger partial charge in [0.2, 0.25) is 5.91 Å². The van der Waals surface area contributed by atoms with E-state index in [4.69, 9.17) is 0 Å². The number of hydrogen-bond donors (Lipinski definition) is 3. The number of rotatable bonds is 5. The van der Waals surface area contributed by atoms with E-state index in [9.17, 15) is 18.8 Å². The largest absolute Gasteiger partial charge is 0.365 e. The van der Waals surface area contributed by atoms with Crippen LogP contribution in [0, 0.1) is 28.4 Å². The summed E-state index contributed by atoms with van der Waals surface area (Å²) >= 11 is 0. The van der Waals surface area contributed by atoms with Crippen LogP contribution in [0.3, 0.4) is 0 Å². The number of aromatic amines is 1. The molecule has 2 aliphatic rings. The smallest absolute Gasteiger partial charge is 0.240 e. The van der Waals surface area contributed by atoms with Crippen LogP contribution in [0.15, 0.2) is 24.7 Å². The van der Waals surface area contributed by atoms with Gasteiger partial charge in [-0.3, -0.25) is 4.79 Å². The Hall–Kier alpha value is -3.61. The number of pyridine rings is 1. The number of carbonyl (C=O) groups is 1. The minimum absolute atomic E-state index is 0.0568. The number of hydrogen-bond acceptors (Lipinski definition) is 6. The van der Waals surface area contributed by atoms with Gasteiger partial charge in [-0.05, 0) is 44.6 Å². The number of H-pyrrole nitrogens is 1. The van der Waals surface area contributed by atoms with E-state index in [2.05, 4.69) is 36.6 Å². The van der Waals surface area contributed by atoms with Gasteiger partial charge >= 0.3 is 0 Å². The molecule has 32 heavy (non-hydrogen) atoms. The average Bonchev–Trinajstić information content (AvgIpc) is 3.49. The summed E-state index contributed by atoms with van der Waals surface area (Å²) in [7, 11) is 0. The summed E-state index contributed by atoms with van der Waals surface area (Å²) in [4.78, 5) is 27.7. The molecule has 0 unspecified atom stereocenters. The van der Waals surface area contributed by atoms with Crippen LogP contribution in [0.5, 0.6) is 0 Å². The Morgan fingerprint density at radius 2 is 2.03 bits per heavy atom. The summed E-state index contributed by atoms with van der Waals surface area (Å²) in [6.45, 7) is 0. The maximum Gasteiger partial charge on any atom is 0.240 e. The molecular weight excluding hydrogens is 416 g/mol. The zero-order chi connectivity index (χ0) is 22.3. The van der Waals surface area contributed by atoms with Crippen molar-refractivity contribution in [2.24, 2.45) is 5.41 Å². The number of fused-ring (bicyclic) bond motifs is 1. The molecule has 10 heteroatoms. The fourth-order valence-electron chi connectivity index (χ4n) is 4.24. The van der Waals surface area contributed by atoms with Gasteiger partial charge < -0.3 is 15.6 Å². The van der Waals surface area contributed by atoms with Crippen LogP contribution in [-0.2, 0) is 4.79 Å². The van der Waals surface area contributed by atoms with Crippen LogP contribution in [0.2, 0.25) is 0 Å². The summed E-state index contributed by atoms with van der Waals surface area (Å²) in [5, 5.41) is 15.8. The Morgan fingerprint density at radius 3 is 2.81 bits per heavy atom. The Balaban J connectivity index is 1.32. The summed E-state index contributed by atoms with van der Waals surface area (Å²) < 4.78 is 28.1. The molecule has 2 saturated carbocycles. The minimum Gasteiger partial charge on any atom is -0.365 e. The first-order valence-electron chi connectivity index (χ1n) is 10.6. The molecule has 2 atom stereocenters. The zero-order valence-corrected chi connectivity index (χ0v) is 17.2. The van der Waals surface area contributed by atoms with Crippen molar-refractivity contribution in [1.82, 2.24) is 25.3 Å². The molecule has 3 aromatic rings. The van der Waals surface area contributed by atoms with Crippen molar-refractivity contribution in [3.63, 3.8) is 0 Å². The van der Waals surface area contributed by atoms with E-state index in [1.165, 1.54) is 6.07 Å². The first-order chi connectivity index (χ1) is 15.5. The van der Waals surface area contributed by atoms with Crippen molar-refractivity contribution in [2.45, 2.75) is 50.6 Å². The Morgan fingerprint density at radius 1 is 1.22 bits per heavy atom. The summed E-state index contributed by atoms with van der Waals surface area (Å²) in [6.07, 6.45) is 8.10. The predicted octanol–water partition coefficient (Wildman–Crippen LogP) is 3.44. The highest BCUT2D eigenvalue weighted by molar-refractivity contribution is 5.91. The lowest BCUT2D eigenvalue weighted by molar-refractivity contribution is -0.125.